The Morgan fingerprint density at radius 2 is 1.46 bits per heavy atom. The number of hydrogen-bond donors (Lipinski definition) is 1. The zero-order chi connectivity index (χ0) is 20.3. The second-order valence-corrected chi connectivity index (χ2v) is 7.33. The molecule has 1 heterocycles. The molecule has 8 nitrogen and oxygen atoms in total. The first-order valence-corrected chi connectivity index (χ1v) is 9.61. The van der Waals surface area contributed by atoms with E-state index in [1.165, 1.54) is 21.3 Å². The molecule has 1 aromatic carbocycles. The van der Waals surface area contributed by atoms with Crippen molar-refractivity contribution in [2.24, 2.45) is 5.73 Å². The molecule has 1 aliphatic heterocycles. The van der Waals surface area contributed by atoms with Gasteiger partial charge in [0.2, 0.25) is 11.7 Å². The van der Waals surface area contributed by atoms with E-state index in [4.69, 9.17) is 19.9 Å². The van der Waals surface area contributed by atoms with Crippen LogP contribution in [0.5, 0.6) is 17.2 Å². The Bertz CT molecular complexity index is 738. The van der Waals surface area contributed by atoms with Crippen LogP contribution >= 0.6 is 0 Å². The summed E-state index contributed by atoms with van der Waals surface area (Å²) in [5.41, 5.74) is 5.99. The van der Waals surface area contributed by atoms with Crippen molar-refractivity contribution in [3.05, 3.63) is 17.7 Å². The van der Waals surface area contributed by atoms with Crippen LogP contribution in [0.1, 0.15) is 36.0 Å². The molecule has 1 aromatic rings. The lowest BCUT2D eigenvalue weighted by molar-refractivity contribution is -0.138. The van der Waals surface area contributed by atoms with Crippen LogP contribution in [0.15, 0.2) is 12.1 Å². The average Bonchev–Trinajstić information content (AvgIpc) is 3.19. The van der Waals surface area contributed by atoms with Gasteiger partial charge in [-0.3, -0.25) is 9.59 Å². The molecule has 0 atom stereocenters. The van der Waals surface area contributed by atoms with Gasteiger partial charge in [-0.2, -0.15) is 0 Å². The third kappa shape index (κ3) is 3.61. The Balaban J connectivity index is 1.71. The highest BCUT2D eigenvalue weighted by Gasteiger charge is 2.41. The lowest BCUT2D eigenvalue weighted by Gasteiger charge is -2.38. The maximum atomic E-state index is 13.1. The first-order chi connectivity index (χ1) is 13.4. The van der Waals surface area contributed by atoms with Crippen molar-refractivity contribution in [1.82, 2.24) is 9.80 Å². The Kier molecular flexibility index (Phi) is 5.98. The number of piperazine rings is 1. The summed E-state index contributed by atoms with van der Waals surface area (Å²) < 4.78 is 16.1. The van der Waals surface area contributed by atoms with Crippen LogP contribution < -0.4 is 19.9 Å². The van der Waals surface area contributed by atoms with Crippen molar-refractivity contribution in [1.29, 1.82) is 0 Å². The van der Waals surface area contributed by atoms with E-state index >= 15 is 0 Å². The Labute approximate surface area is 165 Å². The van der Waals surface area contributed by atoms with Crippen LogP contribution in [0.25, 0.3) is 0 Å². The fourth-order valence-electron chi connectivity index (χ4n) is 4.09. The van der Waals surface area contributed by atoms with Crippen molar-refractivity contribution in [3.8, 4) is 17.2 Å². The van der Waals surface area contributed by atoms with Gasteiger partial charge in [0, 0.05) is 26.2 Å². The van der Waals surface area contributed by atoms with Crippen LogP contribution in [0.4, 0.5) is 0 Å². The molecule has 0 radical (unpaired) electrons. The van der Waals surface area contributed by atoms with Crippen molar-refractivity contribution < 1.29 is 23.8 Å². The monoisotopic (exact) mass is 391 g/mol. The number of amides is 2. The van der Waals surface area contributed by atoms with Crippen molar-refractivity contribution in [2.75, 3.05) is 47.5 Å². The number of methoxy groups -OCH3 is 3. The molecular weight excluding hydrogens is 362 g/mol. The highest BCUT2D eigenvalue weighted by molar-refractivity contribution is 5.98. The second kappa shape index (κ2) is 8.26. The Hall–Kier alpha value is -2.48. The van der Waals surface area contributed by atoms with E-state index < -0.39 is 5.54 Å². The van der Waals surface area contributed by atoms with E-state index in [-0.39, 0.29) is 11.8 Å². The van der Waals surface area contributed by atoms with Crippen LogP contribution in [0.3, 0.4) is 0 Å². The van der Waals surface area contributed by atoms with Gasteiger partial charge < -0.3 is 29.7 Å². The summed E-state index contributed by atoms with van der Waals surface area (Å²) in [5.74, 6) is 1.08. The summed E-state index contributed by atoms with van der Waals surface area (Å²) in [7, 11) is 4.53. The van der Waals surface area contributed by atoms with Crippen LogP contribution in [-0.2, 0) is 4.79 Å². The number of nitrogens with zero attached hydrogens (tertiary/aromatic N) is 2. The first-order valence-electron chi connectivity index (χ1n) is 9.61. The molecule has 1 saturated heterocycles. The predicted octanol–water partition coefficient (Wildman–Crippen LogP) is 1.27. The first kappa shape index (κ1) is 20.3. The quantitative estimate of drug-likeness (QED) is 0.812. The van der Waals surface area contributed by atoms with Gasteiger partial charge >= 0.3 is 0 Å². The number of carbonyl (C=O) groups excluding carboxylic acids is 2. The summed E-state index contributed by atoms with van der Waals surface area (Å²) in [4.78, 5) is 29.4. The fraction of sp³-hybridized carbons (Fsp3) is 0.600. The number of hydrogen-bond acceptors (Lipinski definition) is 6. The Morgan fingerprint density at radius 3 is 2.00 bits per heavy atom. The maximum absolute atomic E-state index is 13.1. The zero-order valence-corrected chi connectivity index (χ0v) is 16.8. The van der Waals surface area contributed by atoms with Gasteiger partial charge in [-0.1, -0.05) is 12.8 Å². The third-order valence-corrected chi connectivity index (χ3v) is 5.71. The van der Waals surface area contributed by atoms with E-state index in [0.29, 0.717) is 49.0 Å². The maximum Gasteiger partial charge on any atom is 0.257 e. The molecule has 2 N–H and O–H groups in total. The molecular formula is C20H29N3O5. The van der Waals surface area contributed by atoms with E-state index in [9.17, 15) is 9.59 Å². The van der Waals surface area contributed by atoms with Gasteiger partial charge in [-0.25, -0.2) is 0 Å². The molecule has 0 aromatic heterocycles. The molecule has 154 valence electrons. The Morgan fingerprint density at radius 1 is 0.893 bits per heavy atom. The number of ether oxygens (including phenoxy) is 3. The van der Waals surface area contributed by atoms with Crippen LogP contribution in [0, 0.1) is 0 Å². The van der Waals surface area contributed by atoms with Gasteiger partial charge in [0.15, 0.2) is 11.5 Å². The summed E-state index contributed by atoms with van der Waals surface area (Å²) in [6.45, 7) is 1.88. The van der Waals surface area contributed by atoms with Gasteiger partial charge in [0.1, 0.15) is 0 Å². The minimum Gasteiger partial charge on any atom is -0.493 e. The lowest BCUT2D eigenvalue weighted by atomic mass is 9.97. The minimum absolute atomic E-state index is 0.0146. The molecule has 2 fully saturated rings. The standard InChI is InChI=1S/C20H29N3O5/c1-26-15-7-6-14(16(27-2)17(15)28-3)18(24)22-10-12-23(13-11-22)19(25)20(21)8-4-5-9-20/h6-7H,4-5,8-13,21H2,1-3H3. The number of nitrogens with two attached hydrogens (primary N) is 1. The molecule has 2 amide bonds. The molecule has 2 aliphatic rings. The van der Waals surface area contributed by atoms with Crippen molar-refractivity contribution >= 4 is 11.8 Å². The van der Waals surface area contributed by atoms with E-state index in [1.807, 2.05) is 0 Å². The second-order valence-electron chi connectivity index (χ2n) is 7.33. The summed E-state index contributed by atoms with van der Waals surface area (Å²) in [6.07, 6.45) is 3.49. The molecule has 3 rings (SSSR count). The van der Waals surface area contributed by atoms with Crippen molar-refractivity contribution in [3.63, 3.8) is 0 Å². The van der Waals surface area contributed by atoms with Gasteiger partial charge in [-0.05, 0) is 25.0 Å². The molecule has 1 aliphatic carbocycles. The minimum atomic E-state index is -0.723. The molecule has 0 spiro atoms. The molecule has 28 heavy (non-hydrogen) atoms. The van der Waals surface area contributed by atoms with Crippen LogP contribution in [0.2, 0.25) is 0 Å². The highest BCUT2D eigenvalue weighted by Crippen LogP contribution is 2.40. The zero-order valence-electron chi connectivity index (χ0n) is 16.8. The molecule has 8 heteroatoms. The number of carbonyl (C=O) groups is 2. The van der Waals surface area contributed by atoms with E-state index in [1.54, 1.807) is 21.9 Å². The lowest BCUT2D eigenvalue weighted by Crippen LogP contribution is -2.59. The van der Waals surface area contributed by atoms with Crippen LogP contribution in [-0.4, -0.2) is 74.7 Å². The SMILES string of the molecule is COc1ccc(C(=O)N2CCN(C(=O)C3(N)CCCC3)CC2)c(OC)c1OC. The largest absolute Gasteiger partial charge is 0.493 e. The number of rotatable bonds is 5. The summed E-state index contributed by atoms with van der Waals surface area (Å²) in [5, 5.41) is 0. The van der Waals surface area contributed by atoms with E-state index in [2.05, 4.69) is 0 Å². The third-order valence-electron chi connectivity index (χ3n) is 5.71. The highest BCUT2D eigenvalue weighted by atomic mass is 16.5. The predicted molar refractivity (Wildman–Crippen MR) is 104 cm³/mol. The molecule has 0 bridgehead atoms. The van der Waals surface area contributed by atoms with Gasteiger partial charge in [-0.15, -0.1) is 0 Å². The average molecular weight is 391 g/mol. The summed E-state index contributed by atoms with van der Waals surface area (Å²) >= 11 is 0. The molecule has 0 unspecified atom stereocenters. The molecule has 1 saturated carbocycles. The van der Waals surface area contributed by atoms with Gasteiger partial charge in [0.05, 0.1) is 32.4 Å². The normalized spacial score (nSPS) is 18.7. The van der Waals surface area contributed by atoms with E-state index in [0.717, 1.165) is 25.7 Å². The smallest absolute Gasteiger partial charge is 0.257 e. The topological polar surface area (TPSA) is 94.3 Å². The van der Waals surface area contributed by atoms with Gasteiger partial charge in [0.25, 0.3) is 5.91 Å². The number of benzene rings is 1. The fourth-order valence-corrected chi connectivity index (χ4v) is 4.09. The van der Waals surface area contributed by atoms with Crippen molar-refractivity contribution in [2.45, 2.75) is 31.2 Å². The summed E-state index contributed by atoms with van der Waals surface area (Å²) in [6, 6.07) is 3.36.